The average molecular weight is 240 g/mol. The van der Waals surface area contributed by atoms with Crippen molar-refractivity contribution < 1.29 is 0 Å². The Kier molecular flexibility index (Phi) is 17.3. The molecule has 0 radical (unpaired) electrons. The highest BCUT2D eigenvalue weighted by Crippen LogP contribution is 2.34. The Labute approximate surface area is 111 Å². The van der Waals surface area contributed by atoms with Crippen LogP contribution in [0.25, 0.3) is 0 Å². The van der Waals surface area contributed by atoms with Crippen LogP contribution >= 0.6 is 0 Å². The molecule has 1 aliphatic carbocycles. The Morgan fingerprint density at radius 1 is 1.24 bits per heavy atom. The van der Waals surface area contributed by atoms with Crippen molar-refractivity contribution in [1.82, 2.24) is 0 Å². The molecule has 0 aromatic rings. The highest BCUT2D eigenvalue weighted by atomic mass is 14.3. The maximum atomic E-state index is 3.36. The van der Waals surface area contributed by atoms with E-state index in [4.69, 9.17) is 0 Å². The Hall–Kier alpha value is -0.520. The van der Waals surface area contributed by atoms with Gasteiger partial charge in [0.2, 0.25) is 0 Å². The molecule has 0 nitrogen and oxygen atoms in total. The van der Waals surface area contributed by atoms with E-state index in [1.54, 1.807) is 11.6 Å². The molecule has 1 rings (SSSR count). The van der Waals surface area contributed by atoms with Crippen molar-refractivity contribution in [3.63, 3.8) is 0 Å². The second-order valence-corrected chi connectivity index (χ2v) is 4.75. The summed E-state index contributed by atoms with van der Waals surface area (Å²) in [4.78, 5) is 0. The van der Waals surface area contributed by atoms with Gasteiger partial charge < -0.3 is 0 Å². The van der Waals surface area contributed by atoms with E-state index in [1.165, 1.54) is 32.1 Å². The summed E-state index contributed by atoms with van der Waals surface area (Å²) in [5.41, 5.74) is 1.56. The molecule has 1 fully saturated rings. The summed E-state index contributed by atoms with van der Waals surface area (Å²) in [7, 11) is 0. The summed E-state index contributed by atoms with van der Waals surface area (Å²) < 4.78 is 0. The normalized spacial score (nSPS) is 22.7. The third-order valence-electron chi connectivity index (χ3n) is 3.44. The molecule has 2 unspecified atom stereocenters. The van der Waals surface area contributed by atoms with Gasteiger partial charge in [-0.2, -0.15) is 0 Å². The lowest BCUT2D eigenvalue weighted by Gasteiger charge is -2.14. The number of hydrogen-bond acceptors (Lipinski definition) is 0. The van der Waals surface area contributed by atoms with Crippen LogP contribution in [0.3, 0.4) is 0 Å². The van der Waals surface area contributed by atoms with Crippen LogP contribution in [0.5, 0.6) is 0 Å². The van der Waals surface area contributed by atoms with E-state index in [2.05, 4.69) is 33.4 Å². The average Bonchev–Trinajstić information content (AvgIpc) is 2.62. The largest absolute Gasteiger partial charge is 0.103 e. The van der Waals surface area contributed by atoms with Gasteiger partial charge in [-0.1, -0.05) is 58.8 Å². The van der Waals surface area contributed by atoms with Crippen LogP contribution in [0.1, 0.15) is 74.7 Å². The van der Waals surface area contributed by atoms with Gasteiger partial charge in [0.25, 0.3) is 0 Å². The van der Waals surface area contributed by atoms with Gasteiger partial charge in [0, 0.05) is 0 Å². The van der Waals surface area contributed by atoms with Crippen molar-refractivity contribution in [3.05, 3.63) is 24.3 Å². The topological polar surface area (TPSA) is 0 Å². The summed E-state index contributed by atoms with van der Waals surface area (Å²) in [5, 5.41) is 0. The molecule has 0 aliphatic heterocycles. The summed E-state index contributed by atoms with van der Waals surface area (Å²) in [6, 6.07) is 0. The summed E-state index contributed by atoms with van der Waals surface area (Å²) in [6.45, 7) is 12.1. The Balaban J connectivity index is -0.000000356. The molecule has 0 heteroatoms. The Morgan fingerprint density at radius 3 is 2.12 bits per heavy atom. The SMILES string of the molecule is C.C.C/C=C(\C)CCC1CCCC1C.C=CC. The van der Waals surface area contributed by atoms with Gasteiger partial charge in [-0.15, -0.1) is 6.58 Å². The van der Waals surface area contributed by atoms with Gasteiger partial charge in [-0.3, -0.25) is 0 Å². The third-order valence-corrected chi connectivity index (χ3v) is 3.44. The highest BCUT2D eigenvalue weighted by Gasteiger charge is 2.22. The van der Waals surface area contributed by atoms with Crippen LogP contribution in [0.15, 0.2) is 24.3 Å². The molecular weight excluding hydrogens is 204 g/mol. The van der Waals surface area contributed by atoms with Gasteiger partial charge >= 0.3 is 0 Å². The Morgan fingerprint density at radius 2 is 1.76 bits per heavy atom. The van der Waals surface area contributed by atoms with E-state index in [1.807, 2.05) is 6.92 Å². The van der Waals surface area contributed by atoms with Gasteiger partial charge in [0.05, 0.1) is 0 Å². The quantitative estimate of drug-likeness (QED) is 0.485. The van der Waals surface area contributed by atoms with Crippen LogP contribution in [-0.4, -0.2) is 0 Å². The monoisotopic (exact) mass is 240 g/mol. The predicted octanol–water partition coefficient (Wildman–Crippen LogP) is 6.63. The lowest BCUT2D eigenvalue weighted by atomic mass is 9.92. The maximum Gasteiger partial charge on any atom is -0.0320 e. The number of allylic oxidation sites excluding steroid dienone is 3. The zero-order chi connectivity index (χ0) is 11.7. The first-order valence-corrected chi connectivity index (χ1v) is 6.34. The second kappa shape index (κ2) is 13.5. The van der Waals surface area contributed by atoms with Crippen LogP contribution in [0.4, 0.5) is 0 Å². The van der Waals surface area contributed by atoms with E-state index >= 15 is 0 Å². The molecule has 1 saturated carbocycles. The van der Waals surface area contributed by atoms with Crippen LogP contribution < -0.4 is 0 Å². The minimum absolute atomic E-state index is 0. The standard InChI is InChI=1S/C12H22.C3H6.2CH4/c1-4-10(2)8-9-12-7-5-6-11(12)3;1-3-2;;/h4,11-12H,5-9H2,1-3H3;3H,1H2,2H3;2*1H4/b10-4+;;;. The molecule has 1 aliphatic rings. The first kappa shape index (κ1) is 21.7. The molecule has 17 heavy (non-hydrogen) atoms. The number of hydrogen-bond donors (Lipinski definition) is 0. The molecular formula is C17H36. The van der Waals surface area contributed by atoms with Crippen LogP contribution in [0, 0.1) is 11.8 Å². The zero-order valence-corrected chi connectivity index (χ0v) is 11.1. The fourth-order valence-corrected chi connectivity index (χ4v) is 2.21. The van der Waals surface area contributed by atoms with Gasteiger partial charge in [-0.25, -0.2) is 0 Å². The van der Waals surface area contributed by atoms with Crippen molar-refractivity contribution >= 4 is 0 Å². The summed E-state index contributed by atoms with van der Waals surface area (Å²) in [6.07, 6.45) is 11.2. The molecule has 0 aromatic carbocycles. The zero-order valence-electron chi connectivity index (χ0n) is 11.1. The molecule has 0 amide bonds. The fourth-order valence-electron chi connectivity index (χ4n) is 2.21. The lowest BCUT2D eigenvalue weighted by Crippen LogP contribution is -2.03. The third kappa shape index (κ3) is 10.4. The van der Waals surface area contributed by atoms with E-state index in [9.17, 15) is 0 Å². The van der Waals surface area contributed by atoms with Crippen molar-refractivity contribution in [2.24, 2.45) is 11.8 Å². The Bertz CT molecular complexity index is 188. The maximum absolute atomic E-state index is 3.36. The molecule has 0 saturated heterocycles. The van der Waals surface area contributed by atoms with E-state index < -0.39 is 0 Å². The predicted molar refractivity (Wildman–Crippen MR) is 84.5 cm³/mol. The van der Waals surface area contributed by atoms with E-state index in [0.717, 1.165) is 11.8 Å². The van der Waals surface area contributed by atoms with E-state index in [0.29, 0.717) is 0 Å². The second-order valence-electron chi connectivity index (χ2n) is 4.75. The molecule has 2 atom stereocenters. The van der Waals surface area contributed by atoms with Crippen molar-refractivity contribution in [3.8, 4) is 0 Å². The molecule has 0 aromatic heterocycles. The minimum Gasteiger partial charge on any atom is -0.103 e. The first-order valence-electron chi connectivity index (χ1n) is 6.34. The van der Waals surface area contributed by atoms with Crippen LogP contribution in [-0.2, 0) is 0 Å². The van der Waals surface area contributed by atoms with E-state index in [-0.39, 0.29) is 14.9 Å². The van der Waals surface area contributed by atoms with Crippen LogP contribution in [0.2, 0.25) is 0 Å². The molecule has 0 spiro atoms. The smallest absolute Gasteiger partial charge is 0.0320 e. The molecule has 0 heterocycles. The lowest BCUT2D eigenvalue weighted by molar-refractivity contribution is 0.391. The first-order chi connectivity index (χ1) is 7.15. The highest BCUT2D eigenvalue weighted by molar-refractivity contribution is 4.96. The minimum atomic E-state index is 0. The summed E-state index contributed by atoms with van der Waals surface area (Å²) >= 11 is 0. The van der Waals surface area contributed by atoms with Gasteiger partial charge in [0.15, 0.2) is 0 Å². The van der Waals surface area contributed by atoms with Crippen molar-refractivity contribution in [2.75, 3.05) is 0 Å². The fraction of sp³-hybridized carbons (Fsp3) is 0.765. The van der Waals surface area contributed by atoms with Crippen molar-refractivity contribution in [2.45, 2.75) is 74.7 Å². The van der Waals surface area contributed by atoms with Crippen molar-refractivity contribution in [1.29, 1.82) is 0 Å². The molecule has 0 N–H and O–H groups in total. The van der Waals surface area contributed by atoms with Gasteiger partial charge in [-0.05, 0) is 45.4 Å². The summed E-state index contributed by atoms with van der Waals surface area (Å²) in [5.74, 6) is 2.02. The molecule has 104 valence electrons. The van der Waals surface area contributed by atoms with Gasteiger partial charge in [0.1, 0.15) is 0 Å². The molecule has 0 bridgehead atoms. The number of rotatable bonds is 3.